The molecule has 1 saturated heterocycles. The Balaban J connectivity index is 1.33. The second kappa shape index (κ2) is 10.1. The van der Waals surface area contributed by atoms with Crippen molar-refractivity contribution in [3.8, 4) is 0 Å². The Bertz CT molecular complexity index is 1710. The molecule has 4 aliphatic rings. The van der Waals surface area contributed by atoms with Crippen molar-refractivity contribution in [2.45, 2.75) is 11.8 Å². The molecular formula is C33H21Cl3N2O4. The fourth-order valence-corrected chi connectivity index (χ4v) is 7.20. The van der Waals surface area contributed by atoms with Gasteiger partial charge in [-0.25, -0.2) is 5.01 Å². The third-order valence-corrected chi connectivity index (χ3v) is 9.52. The Morgan fingerprint density at radius 1 is 0.643 bits per heavy atom. The van der Waals surface area contributed by atoms with Crippen LogP contribution in [0.2, 0.25) is 15.1 Å². The lowest BCUT2D eigenvalue weighted by Gasteiger charge is -2.45. The number of hydrazine groups is 1. The molecule has 0 radical (unpaired) electrons. The Morgan fingerprint density at radius 3 is 1.60 bits per heavy atom. The van der Waals surface area contributed by atoms with Gasteiger partial charge in [-0.15, -0.1) is 0 Å². The van der Waals surface area contributed by atoms with Crippen LogP contribution < -0.4 is 0 Å². The van der Waals surface area contributed by atoms with Gasteiger partial charge in [-0.05, 0) is 64.7 Å². The van der Waals surface area contributed by atoms with Crippen molar-refractivity contribution in [2.24, 2.45) is 11.8 Å². The van der Waals surface area contributed by atoms with E-state index in [2.05, 4.69) is 0 Å². The SMILES string of the molecule is O=C(CN(C(=O)c1ccc(Cl)c(Cl)c1)N1C(=O)[C@H]2C3c4ccccc4C(c4ccccc43)[C@@H]2C1=O)c1ccc(Cl)cc1. The maximum Gasteiger partial charge on any atom is 0.273 e. The van der Waals surface area contributed by atoms with Crippen molar-refractivity contribution in [3.05, 3.63) is 139 Å². The van der Waals surface area contributed by atoms with Gasteiger partial charge < -0.3 is 0 Å². The lowest BCUT2D eigenvalue weighted by Crippen LogP contribution is -2.52. The molecule has 3 amide bonds. The average Bonchev–Trinajstić information content (AvgIpc) is 3.27. The number of halogens is 3. The molecule has 1 heterocycles. The zero-order chi connectivity index (χ0) is 29.3. The highest BCUT2D eigenvalue weighted by Crippen LogP contribution is 2.61. The van der Waals surface area contributed by atoms with Gasteiger partial charge >= 0.3 is 0 Å². The number of ketones is 1. The summed E-state index contributed by atoms with van der Waals surface area (Å²) >= 11 is 18.3. The number of benzene rings is 4. The van der Waals surface area contributed by atoms with Crippen molar-refractivity contribution in [3.63, 3.8) is 0 Å². The van der Waals surface area contributed by atoms with Crippen molar-refractivity contribution in [2.75, 3.05) is 6.54 Å². The molecule has 42 heavy (non-hydrogen) atoms. The van der Waals surface area contributed by atoms with Crippen LogP contribution in [0.5, 0.6) is 0 Å². The summed E-state index contributed by atoms with van der Waals surface area (Å²) in [7, 11) is 0. The molecule has 1 fully saturated rings. The van der Waals surface area contributed by atoms with Gasteiger partial charge in [-0.2, -0.15) is 5.01 Å². The minimum atomic E-state index is -0.724. The minimum absolute atomic E-state index is 0.0818. The first-order chi connectivity index (χ1) is 20.3. The van der Waals surface area contributed by atoms with Crippen molar-refractivity contribution >= 4 is 58.3 Å². The van der Waals surface area contributed by atoms with Gasteiger partial charge in [-0.1, -0.05) is 83.3 Å². The van der Waals surface area contributed by atoms with Crippen LogP contribution in [0.1, 0.15) is 54.8 Å². The van der Waals surface area contributed by atoms with Gasteiger partial charge in [0, 0.05) is 28.0 Å². The smallest absolute Gasteiger partial charge is 0.273 e. The molecule has 1 aliphatic heterocycles. The second-order valence-electron chi connectivity index (χ2n) is 10.7. The summed E-state index contributed by atoms with van der Waals surface area (Å²) < 4.78 is 0. The predicted molar refractivity (Wildman–Crippen MR) is 159 cm³/mol. The van der Waals surface area contributed by atoms with E-state index in [9.17, 15) is 19.2 Å². The van der Waals surface area contributed by atoms with E-state index < -0.39 is 41.9 Å². The van der Waals surface area contributed by atoms with E-state index in [4.69, 9.17) is 34.8 Å². The average molecular weight is 616 g/mol. The van der Waals surface area contributed by atoms with Crippen molar-refractivity contribution in [1.82, 2.24) is 10.0 Å². The third-order valence-electron chi connectivity index (χ3n) is 8.53. The molecule has 208 valence electrons. The van der Waals surface area contributed by atoms with Crippen LogP contribution in [0, 0.1) is 11.8 Å². The first kappa shape index (κ1) is 26.9. The van der Waals surface area contributed by atoms with E-state index in [1.807, 2.05) is 48.5 Å². The molecule has 4 aromatic rings. The summed E-state index contributed by atoms with van der Waals surface area (Å²) in [5.41, 5.74) is 4.38. The number of rotatable bonds is 5. The fourth-order valence-electron chi connectivity index (χ4n) is 6.77. The number of amides is 3. The molecule has 0 spiro atoms. The molecular weight excluding hydrogens is 595 g/mol. The summed E-state index contributed by atoms with van der Waals surface area (Å²) in [4.78, 5) is 56.2. The maximum absolute atomic E-state index is 14.4. The van der Waals surface area contributed by atoms with E-state index >= 15 is 0 Å². The van der Waals surface area contributed by atoms with Gasteiger partial charge in [0.05, 0.1) is 21.9 Å². The number of Topliss-reactive ketones (excluding diaryl/α,β-unsaturated/α-hetero) is 1. The normalized spacial score (nSPS) is 21.5. The van der Waals surface area contributed by atoms with Crippen LogP contribution in [0.4, 0.5) is 0 Å². The summed E-state index contributed by atoms with van der Waals surface area (Å²) in [6.45, 7) is -0.549. The predicted octanol–water partition coefficient (Wildman–Crippen LogP) is 6.78. The molecule has 3 aliphatic carbocycles. The van der Waals surface area contributed by atoms with Crippen LogP contribution in [-0.4, -0.2) is 40.1 Å². The number of hydrogen-bond acceptors (Lipinski definition) is 4. The lowest BCUT2D eigenvalue weighted by molar-refractivity contribution is -0.154. The quantitative estimate of drug-likeness (QED) is 0.183. The van der Waals surface area contributed by atoms with Gasteiger partial charge in [0.15, 0.2) is 5.78 Å². The van der Waals surface area contributed by atoms with E-state index in [0.717, 1.165) is 32.3 Å². The number of nitrogens with zero attached hydrogens (tertiary/aromatic N) is 2. The van der Waals surface area contributed by atoms with Gasteiger partial charge in [0.25, 0.3) is 17.7 Å². The molecule has 6 nitrogen and oxygen atoms in total. The monoisotopic (exact) mass is 614 g/mol. The lowest BCUT2D eigenvalue weighted by atomic mass is 9.55. The molecule has 2 atom stereocenters. The largest absolute Gasteiger partial charge is 0.292 e. The minimum Gasteiger partial charge on any atom is -0.292 e. The van der Waals surface area contributed by atoms with Crippen molar-refractivity contribution in [1.29, 1.82) is 0 Å². The highest BCUT2D eigenvalue weighted by Gasteiger charge is 2.63. The standard InChI is InChI=1S/C33H21Cl3N2O4/c34-19-12-9-17(10-13-19)26(39)16-37(31(40)18-11-14-24(35)25(36)15-18)38-32(41)29-27-20-5-1-2-6-21(20)28(30(29)33(38)42)23-8-4-3-7-22(23)27/h1-15,27-30H,16H2/t27?,28?,29-,30-/m0/s1. The zero-order valence-corrected chi connectivity index (χ0v) is 24.1. The summed E-state index contributed by atoms with van der Waals surface area (Å²) in [6.07, 6.45) is 0. The molecule has 4 aromatic carbocycles. The van der Waals surface area contributed by atoms with Crippen LogP contribution in [0.3, 0.4) is 0 Å². The molecule has 8 rings (SSSR count). The Labute approximate surface area is 256 Å². The van der Waals surface area contributed by atoms with Gasteiger partial charge in [0.1, 0.15) is 6.54 Å². The summed E-state index contributed by atoms with van der Waals surface area (Å²) in [5, 5.41) is 2.66. The summed E-state index contributed by atoms with van der Waals surface area (Å²) in [5.74, 6) is -4.37. The van der Waals surface area contributed by atoms with Crippen LogP contribution in [0.15, 0.2) is 91.0 Å². The number of carbonyl (C=O) groups is 4. The first-order valence-electron chi connectivity index (χ1n) is 13.4. The zero-order valence-electron chi connectivity index (χ0n) is 21.8. The Hall–Kier alpha value is -3.97. The Kier molecular flexibility index (Phi) is 6.46. The van der Waals surface area contributed by atoms with Crippen LogP contribution >= 0.6 is 34.8 Å². The highest BCUT2D eigenvalue weighted by atomic mass is 35.5. The molecule has 9 heteroatoms. The molecule has 0 saturated carbocycles. The van der Waals surface area contributed by atoms with Crippen LogP contribution in [0.25, 0.3) is 0 Å². The van der Waals surface area contributed by atoms with Gasteiger partial charge in [0.2, 0.25) is 0 Å². The van der Waals surface area contributed by atoms with Gasteiger partial charge in [-0.3, -0.25) is 19.2 Å². The topological polar surface area (TPSA) is 74.8 Å². The number of imide groups is 1. The van der Waals surface area contributed by atoms with E-state index in [1.165, 1.54) is 30.3 Å². The number of hydrogen-bond donors (Lipinski definition) is 0. The van der Waals surface area contributed by atoms with E-state index in [-0.39, 0.29) is 33.0 Å². The third kappa shape index (κ3) is 4.01. The molecule has 0 unspecified atom stereocenters. The molecule has 0 N–H and O–H groups in total. The van der Waals surface area contributed by atoms with Crippen molar-refractivity contribution < 1.29 is 19.2 Å². The highest BCUT2D eigenvalue weighted by molar-refractivity contribution is 6.42. The molecule has 0 aromatic heterocycles. The van der Waals surface area contributed by atoms with Crippen LogP contribution in [-0.2, 0) is 9.59 Å². The molecule has 2 bridgehead atoms. The first-order valence-corrected chi connectivity index (χ1v) is 14.5. The fraction of sp³-hybridized carbons (Fsp3) is 0.152. The van der Waals surface area contributed by atoms with E-state index in [0.29, 0.717) is 5.02 Å². The Morgan fingerprint density at radius 2 is 1.12 bits per heavy atom. The maximum atomic E-state index is 14.4. The summed E-state index contributed by atoms with van der Waals surface area (Å²) in [6, 6.07) is 26.2. The van der Waals surface area contributed by atoms with E-state index in [1.54, 1.807) is 12.1 Å². The second-order valence-corrected chi connectivity index (χ2v) is 11.9. The number of carbonyl (C=O) groups excluding carboxylic acids is 4.